The normalized spacial score (nSPS) is 25.5. The highest BCUT2D eigenvalue weighted by Gasteiger charge is 2.42. The lowest BCUT2D eigenvalue weighted by Gasteiger charge is -2.40. The molecule has 1 amide bonds. The molecule has 0 aromatic heterocycles. The largest absolute Gasteiger partial charge is 0.357 e. The Labute approximate surface area is 171 Å². The van der Waals surface area contributed by atoms with E-state index in [-0.39, 0.29) is 40.0 Å². The van der Waals surface area contributed by atoms with Crippen molar-refractivity contribution in [1.82, 2.24) is 15.5 Å². The molecule has 0 radical (unpaired) electrons. The summed E-state index contributed by atoms with van der Waals surface area (Å²) in [5, 5.41) is 6.33. The number of carbonyl (C=O) groups excluding carboxylic acids is 1. The maximum absolute atomic E-state index is 12.2. The van der Waals surface area contributed by atoms with Crippen LogP contribution in [0.25, 0.3) is 0 Å². The molecule has 0 saturated carbocycles. The summed E-state index contributed by atoms with van der Waals surface area (Å²) >= 11 is 0. The van der Waals surface area contributed by atoms with Gasteiger partial charge in [0.25, 0.3) is 0 Å². The number of halogens is 1. The molecule has 2 unspecified atom stereocenters. The van der Waals surface area contributed by atoms with Gasteiger partial charge in [0.05, 0.1) is 6.54 Å². The van der Waals surface area contributed by atoms with Crippen LogP contribution in [0.2, 0.25) is 0 Å². The summed E-state index contributed by atoms with van der Waals surface area (Å²) < 4.78 is 12.0. The number of nitrogens with one attached hydrogen (secondary N) is 2. The quantitative estimate of drug-likeness (QED) is 0.362. The Morgan fingerprint density at radius 3 is 2.72 bits per heavy atom. The lowest BCUT2D eigenvalue weighted by Crippen LogP contribution is -2.51. The van der Waals surface area contributed by atoms with Crippen LogP contribution in [0.4, 0.5) is 0 Å². The SMILES string of the molecule is CCNC(=NCCS(=O)C(C)(C)C)N1CCCC2(CNC(=O)C2)C1.I. The highest BCUT2D eigenvalue weighted by Crippen LogP contribution is 2.35. The summed E-state index contributed by atoms with van der Waals surface area (Å²) in [6.07, 6.45) is 2.79. The third-order valence-corrected chi connectivity index (χ3v) is 6.63. The van der Waals surface area contributed by atoms with Crippen LogP contribution in [-0.2, 0) is 15.6 Å². The van der Waals surface area contributed by atoms with Crippen LogP contribution in [0, 0.1) is 5.41 Å². The number of likely N-dealkylation sites (tertiary alicyclic amines) is 1. The first kappa shape index (κ1) is 22.7. The topological polar surface area (TPSA) is 73.8 Å². The number of hydrogen-bond donors (Lipinski definition) is 2. The molecule has 2 saturated heterocycles. The molecule has 0 aromatic rings. The molecule has 2 rings (SSSR count). The second-order valence-corrected chi connectivity index (χ2v) is 10.2. The third-order valence-electron chi connectivity index (χ3n) is 4.71. The standard InChI is InChI=1S/C17H32N4O2S.HI/c1-5-18-15(19-8-10-24(23)16(2,3)4)21-9-6-7-17(13-21)11-14(22)20-12-17;/h5-13H2,1-4H3,(H,18,19)(H,20,22);1H. The van der Waals surface area contributed by atoms with Gasteiger partial charge in [-0.05, 0) is 40.5 Å². The molecule has 146 valence electrons. The summed E-state index contributed by atoms with van der Waals surface area (Å²) in [5.74, 6) is 1.64. The van der Waals surface area contributed by atoms with Crippen molar-refractivity contribution in [1.29, 1.82) is 0 Å². The highest BCUT2D eigenvalue weighted by molar-refractivity contribution is 14.0. The van der Waals surface area contributed by atoms with Crippen LogP contribution in [0.5, 0.6) is 0 Å². The second-order valence-electron chi connectivity index (χ2n) is 7.88. The van der Waals surface area contributed by atoms with E-state index in [1.54, 1.807) is 0 Å². The van der Waals surface area contributed by atoms with Crippen molar-refractivity contribution >= 4 is 46.6 Å². The van der Waals surface area contributed by atoms with Crippen molar-refractivity contribution in [3.63, 3.8) is 0 Å². The number of nitrogens with zero attached hydrogens (tertiary/aromatic N) is 2. The number of guanidine groups is 1. The van der Waals surface area contributed by atoms with Gasteiger partial charge in [0.15, 0.2) is 5.96 Å². The predicted octanol–water partition coefficient (Wildman–Crippen LogP) is 1.72. The first-order valence-corrected chi connectivity index (χ1v) is 10.3. The van der Waals surface area contributed by atoms with Gasteiger partial charge in [-0.2, -0.15) is 0 Å². The molecule has 2 fully saturated rings. The molecule has 8 heteroatoms. The van der Waals surface area contributed by atoms with E-state index in [0.717, 1.165) is 45.0 Å². The Bertz CT molecular complexity index is 521. The number of rotatable bonds is 4. The Morgan fingerprint density at radius 1 is 1.44 bits per heavy atom. The molecule has 0 aliphatic carbocycles. The van der Waals surface area contributed by atoms with Crippen LogP contribution < -0.4 is 10.6 Å². The molecule has 6 nitrogen and oxygen atoms in total. The minimum atomic E-state index is -0.884. The molecule has 1 spiro atoms. The Balaban J connectivity index is 0.00000312. The first-order valence-electron chi connectivity index (χ1n) is 8.94. The van der Waals surface area contributed by atoms with Gasteiger partial charge in [0, 0.05) is 59.3 Å². The zero-order valence-corrected chi connectivity index (χ0v) is 19.0. The van der Waals surface area contributed by atoms with E-state index in [2.05, 4.69) is 22.5 Å². The van der Waals surface area contributed by atoms with Gasteiger partial charge in [-0.15, -0.1) is 24.0 Å². The number of hydrogen-bond acceptors (Lipinski definition) is 3. The van der Waals surface area contributed by atoms with E-state index >= 15 is 0 Å². The Kier molecular flexibility index (Phi) is 8.63. The first-order chi connectivity index (χ1) is 11.3. The smallest absolute Gasteiger partial charge is 0.220 e. The van der Waals surface area contributed by atoms with E-state index in [1.807, 2.05) is 20.8 Å². The summed E-state index contributed by atoms with van der Waals surface area (Å²) in [5.41, 5.74) is 0.0553. The Hall–Kier alpha value is -0.380. The summed E-state index contributed by atoms with van der Waals surface area (Å²) in [7, 11) is -0.884. The third kappa shape index (κ3) is 6.37. The zero-order chi connectivity index (χ0) is 17.8. The fraction of sp³-hybridized carbons (Fsp3) is 0.882. The second kappa shape index (κ2) is 9.53. The summed E-state index contributed by atoms with van der Waals surface area (Å²) in [6.45, 7) is 12.0. The maximum atomic E-state index is 12.2. The molecule has 2 N–H and O–H groups in total. The number of piperidine rings is 1. The van der Waals surface area contributed by atoms with Crippen molar-refractivity contribution < 1.29 is 9.00 Å². The minimum Gasteiger partial charge on any atom is -0.357 e. The number of amides is 1. The molecular formula is C17H33IN4O2S. The molecule has 2 heterocycles. The molecule has 25 heavy (non-hydrogen) atoms. The lowest BCUT2D eigenvalue weighted by molar-refractivity contribution is -0.119. The van der Waals surface area contributed by atoms with Crippen LogP contribution in [0.1, 0.15) is 47.0 Å². The molecule has 0 bridgehead atoms. The van der Waals surface area contributed by atoms with E-state index in [1.165, 1.54) is 0 Å². The van der Waals surface area contributed by atoms with Crippen molar-refractivity contribution in [2.24, 2.45) is 10.4 Å². The van der Waals surface area contributed by atoms with Crippen molar-refractivity contribution in [2.75, 3.05) is 38.5 Å². The van der Waals surface area contributed by atoms with Gasteiger partial charge in [-0.25, -0.2) is 0 Å². The van der Waals surface area contributed by atoms with Crippen LogP contribution in [0.3, 0.4) is 0 Å². The van der Waals surface area contributed by atoms with Gasteiger partial charge in [-0.1, -0.05) is 0 Å². The average molecular weight is 484 g/mol. The van der Waals surface area contributed by atoms with E-state index in [0.29, 0.717) is 18.7 Å². The van der Waals surface area contributed by atoms with Crippen molar-refractivity contribution in [2.45, 2.75) is 51.7 Å². The fourth-order valence-corrected chi connectivity index (χ4v) is 4.26. The molecule has 2 aliphatic rings. The molecule has 0 aromatic carbocycles. The summed E-state index contributed by atoms with van der Waals surface area (Å²) in [4.78, 5) is 18.6. The maximum Gasteiger partial charge on any atom is 0.220 e. The van der Waals surface area contributed by atoms with Gasteiger partial charge < -0.3 is 15.5 Å². The van der Waals surface area contributed by atoms with Gasteiger partial charge in [-0.3, -0.25) is 14.0 Å². The van der Waals surface area contributed by atoms with Gasteiger partial charge >= 0.3 is 0 Å². The molecular weight excluding hydrogens is 451 g/mol. The monoisotopic (exact) mass is 484 g/mol. The summed E-state index contributed by atoms with van der Waals surface area (Å²) in [6, 6.07) is 0. The van der Waals surface area contributed by atoms with Crippen molar-refractivity contribution in [3.05, 3.63) is 0 Å². The fourth-order valence-electron chi connectivity index (χ4n) is 3.40. The van der Waals surface area contributed by atoms with E-state index in [4.69, 9.17) is 4.99 Å². The van der Waals surface area contributed by atoms with Crippen LogP contribution >= 0.6 is 24.0 Å². The molecule has 2 aliphatic heterocycles. The number of carbonyl (C=O) groups is 1. The van der Waals surface area contributed by atoms with Crippen LogP contribution in [-0.4, -0.2) is 64.2 Å². The Morgan fingerprint density at radius 2 is 2.16 bits per heavy atom. The van der Waals surface area contributed by atoms with Gasteiger partial charge in [0.2, 0.25) is 5.91 Å². The number of aliphatic imine (C=N–C) groups is 1. The van der Waals surface area contributed by atoms with E-state index in [9.17, 15) is 9.00 Å². The van der Waals surface area contributed by atoms with Crippen LogP contribution in [0.15, 0.2) is 4.99 Å². The highest BCUT2D eigenvalue weighted by atomic mass is 127. The lowest BCUT2D eigenvalue weighted by atomic mass is 9.79. The molecule has 2 atom stereocenters. The average Bonchev–Trinajstić information content (AvgIpc) is 2.85. The van der Waals surface area contributed by atoms with E-state index < -0.39 is 10.8 Å². The minimum absolute atomic E-state index is 0. The zero-order valence-electron chi connectivity index (χ0n) is 15.9. The van der Waals surface area contributed by atoms with Crippen molar-refractivity contribution in [3.8, 4) is 0 Å². The predicted molar refractivity (Wildman–Crippen MR) is 115 cm³/mol. The van der Waals surface area contributed by atoms with Gasteiger partial charge in [0.1, 0.15) is 0 Å².